The SMILES string of the molecule is CC12CC[C@@H]3[C@@H](CCC4(O)CC(O)CCC34C(=O)O)C1(O)CCC2C1=CC(=O)OC1. The molecule has 4 fully saturated rings. The summed E-state index contributed by atoms with van der Waals surface area (Å²) in [7, 11) is 0. The molecule has 8 atom stereocenters. The Morgan fingerprint density at radius 2 is 1.80 bits per heavy atom. The molecule has 7 nitrogen and oxygen atoms in total. The number of hydrogen-bond donors (Lipinski definition) is 4. The lowest BCUT2D eigenvalue weighted by atomic mass is 9.41. The van der Waals surface area contributed by atoms with Crippen molar-refractivity contribution in [1.29, 1.82) is 0 Å². The molecule has 4 saturated carbocycles. The summed E-state index contributed by atoms with van der Waals surface area (Å²) in [4.78, 5) is 24.3. The highest BCUT2D eigenvalue weighted by molar-refractivity contribution is 5.85. The molecule has 4 aliphatic carbocycles. The molecule has 7 heteroatoms. The van der Waals surface area contributed by atoms with Gasteiger partial charge in [0.15, 0.2) is 0 Å². The topological polar surface area (TPSA) is 124 Å². The number of aliphatic carboxylic acids is 1. The van der Waals surface area contributed by atoms with Gasteiger partial charge in [0.1, 0.15) is 6.61 Å². The highest BCUT2D eigenvalue weighted by Crippen LogP contribution is 2.70. The molecule has 166 valence electrons. The molecular weight excluding hydrogens is 388 g/mol. The standard InChI is InChI=1S/C23H32O7/c1-20-6-3-16-17(23(20,29)9-5-15(20)13-10-18(25)30-12-13)4-7-21(28)11-14(24)2-8-22(16,21)19(26)27/h10,14-17,24,28-29H,2-9,11-12H2,1H3,(H,26,27)/t14?,15?,16-,17-,20?,21?,22?,23?/m1/s1. The third kappa shape index (κ3) is 2.32. The van der Waals surface area contributed by atoms with Crippen LogP contribution in [-0.4, -0.2) is 56.3 Å². The van der Waals surface area contributed by atoms with E-state index in [0.29, 0.717) is 32.1 Å². The highest BCUT2D eigenvalue weighted by atomic mass is 16.5. The zero-order valence-corrected chi connectivity index (χ0v) is 17.5. The number of hydrogen-bond acceptors (Lipinski definition) is 6. The number of esters is 1. The number of carboxylic acid groups (broad SMARTS) is 1. The fourth-order valence-corrected chi connectivity index (χ4v) is 8.49. The lowest BCUT2D eigenvalue weighted by Gasteiger charge is -2.65. The van der Waals surface area contributed by atoms with Gasteiger partial charge in [0.05, 0.1) is 22.7 Å². The van der Waals surface area contributed by atoms with Gasteiger partial charge in [-0.1, -0.05) is 6.92 Å². The minimum atomic E-state index is -1.44. The number of ether oxygens (including phenoxy) is 1. The maximum Gasteiger partial charge on any atom is 0.331 e. The smallest absolute Gasteiger partial charge is 0.331 e. The molecule has 5 rings (SSSR count). The second-order valence-electron chi connectivity index (χ2n) is 10.8. The average Bonchev–Trinajstić information content (AvgIpc) is 3.21. The number of carbonyl (C=O) groups excluding carboxylic acids is 1. The summed E-state index contributed by atoms with van der Waals surface area (Å²) in [6.45, 7) is 2.36. The predicted molar refractivity (Wildman–Crippen MR) is 105 cm³/mol. The van der Waals surface area contributed by atoms with E-state index < -0.39 is 34.1 Å². The summed E-state index contributed by atoms with van der Waals surface area (Å²) in [6, 6.07) is 0. The van der Waals surface area contributed by atoms with E-state index in [1.165, 1.54) is 0 Å². The Kier molecular flexibility index (Phi) is 4.30. The van der Waals surface area contributed by atoms with E-state index in [1.807, 2.05) is 0 Å². The Morgan fingerprint density at radius 3 is 2.47 bits per heavy atom. The summed E-state index contributed by atoms with van der Waals surface area (Å²) in [5, 5.41) is 44.1. The van der Waals surface area contributed by atoms with Crippen LogP contribution in [0.4, 0.5) is 0 Å². The molecule has 0 spiro atoms. The van der Waals surface area contributed by atoms with Crippen molar-refractivity contribution in [3.63, 3.8) is 0 Å². The minimum absolute atomic E-state index is 0.0460. The monoisotopic (exact) mass is 420 g/mol. The van der Waals surface area contributed by atoms with Crippen LogP contribution in [0.3, 0.4) is 0 Å². The van der Waals surface area contributed by atoms with Crippen LogP contribution in [0, 0.1) is 28.6 Å². The summed E-state index contributed by atoms with van der Waals surface area (Å²) >= 11 is 0. The number of aliphatic hydroxyl groups is 3. The second kappa shape index (κ2) is 6.30. The molecule has 1 heterocycles. The molecule has 30 heavy (non-hydrogen) atoms. The zero-order valence-electron chi connectivity index (χ0n) is 17.5. The number of carboxylic acids is 1. The molecule has 0 aromatic carbocycles. The van der Waals surface area contributed by atoms with E-state index in [4.69, 9.17) is 4.74 Å². The molecule has 0 aromatic heterocycles. The summed E-state index contributed by atoms with van der Waals surface area (Å²) < 4.78 is 5.14. The molecule has 6 unspecified atom stereocenters. The molecule has 0 saturated heterocycles. The van der Waals surface area contributed by atoms with Gasteiger partial charge in [-0.3, -0.25) is 4.79 Å². The number of cyclic esters (lactones) is 1. The van der Waals surface area contributed by atoms with Crippen LogP contribution in [0.1, 0.15) is 64.7 Å². The van der Waals surface area contributed by atoms with Crippen molar-refractivity contribution >= 4 is 11.9 Å². The van der Waals surface area contributed by atoms with Gasteiger partial charge in [-0.05, 0) is 74.7 Å². The lowest BCUT2D eigenvalue weighted by molar-refractivity contribution is -0.260. The van der Waals surface area contributed by atoms with Crippen molar-refractivity contribution in [3.8, 4) is 0 Å². The average molecular weight is 421 g/mol. The first kappa shape index (κ1) is 20.5. The molecule has 0 bridgehead atoms. The fraction of sp³-hybridized carbons (Fsp3) is 0.826. The molecule has 0 radical (unpaired) electrons. The summed E-state index contributed by atoms with van der Waals surface area (Å²) in [5.41, 5.74) is -3.30. The largest absolute Gasteiger partial charge is 0.481 e. The molecule has 4 N–H and O–H groups in total. The Morgan fingerprint density at radius 1 is 1.07 bits per heavy atom. The maximum atomic E-state index is 12.7. The normalized spacial score (nSPS) is 52.7. The third-order valence-electron chi connectivity index (χ3n) is 9.94. The fourth-order valence-electron chi connectivity index (χ4n) is 8.49. The minimum Gasteiger partial charge on any atom is -0.481 e. The Hall–Kier alpha value is -1.44. The van der Waals surface area contributed by atoms with E-state index in [1.54, 1.807) is 6.08 Å². The molecule has 0 aromatic rings. The van der Waals surface area contributed by atoms with Crippen LogP contribution in [0.25, 0.3) is 0 Å². The predicted octanol–water partition coefficient (Wildman–Crippen LogP) is 1.78. The molecular formula is C23H32O7. The second-order valence-corrected chi connectivity index (χ2v) is 10.8. The van der Waals surface area contributed by atoms with Gasteiger partial charge in [-0.25, -0.2) is 4.79 Å². The third-order valence-corrected chi connectivity index (χ3v) is 9.94. The van der Waals surface area contributed by atoms with E-state index in [2.05, 4.69) is 6.92 Å². The first-order valence-corrected chi connectivity index (χ1v) is 11.3. The van der Waals surface area contributed by atoms with E-state index >= 15 is 0 Å². The van der Waals surface area contributed by atoms with Gasteiger partial charge in [-0.2, -0.15) is 0 Å². The zero-order chi connectivity index (χ0) is 21.5. The van der Waals surface area contributed by atoms with Crippen molar-refractivity contribution < 1.29 is 34.8 Å². The van der Waals surface area contributed by atoms with Crippen LogP contribution in [0.5, 0.6) is 0 Å². The first-order valence-electron chi connectivity index (χ1n) is 11.3. The molecule has 0 amide bonds. The lowest BCUT2D eigenvalue weighted by Crippen LogP contribution is -2.70. The van der Waals surface area contributed by atoms with Gasteiger partial charge in [-0.15, -0.1) is 0 Å². The maximum absolute atomic E-state index is 12.7. The van der Waals surface area contributed by atoms with Crippen LogP contribution in [0.2, 0.25) is 0 Å². The highest BCUT2D eigenvalue weighted by Gasteiger charge is 2.73. The summed E-state index contributed by atoms with van der Waals surface area (Å²) in [5.74, 6) is -1.82. The van der Waals surface area contributed by atoms with Crippen molar-refractivity contribution in [3.05, 3.63) is 11.6 Å². The Labute approximate surface area is 176 Å². The van der Waals surface area contributed by atoms with Crippen LogP contribution >= 0.6 is 0 Å². The van der Waals surface area contributed by atoms with Gasteiger partial charge in [0, 0.05) is 17.9 Å². The Balaban J connectivity index is 1.54. The number of rotatable bonds is 2. The van der Waals surface area contributed by atoms with Crippen molar-refractivity contribution in [2.75, 3.05) is 6.61 Å². The summed E-state index contributed by atoms with van der Waals surface area (Å²) in [6.07, 6.45) is 5.00. The van der Waals surface area contributed by atoms with Crippen molar-refractivity contribution in [2.45, 2.75) is 82.0 Å². The number of fused-ring (bicyclic) bond motifs is 5. The molecule has 5 aliphatic rings. The van der Waals surface area contributed by atoms with E-state index in [0.717, 1.165) is 12.0 Å². The molecule has 1 aliphatic heterocycles. The van der Waals surface area contributed by atoms with Crippen LogP contribution < -0.4 is 0 Å². The van der Waals surface area contributed by atoms with Gasteiger partial charge >= 0.3 is 11.9 Å². The van der Waals surface area contributed by atoms with Crippen LogP contribution in [0.15, 0.2) is 11.6 Å². The van der Waals surface area contributed by atoms with Gasteiger partial charge in [0.25, 0.3) is 0 Å². The quantitative estimate of drug-likeness (QED) is 0.502. The Bertz CT molecular complexity index is 822. The first-order chi connectivity index (χ1) is 14.1. The van der Waals surface area contributed by atoms with Crippen molar-refractivity contribution in [2.24, 2.45) is 28.6 Å². The van der Waals surface area contributed by atoms with Gasteiger partial charge < -0.3 is 25.2 Å². The van der Waals surface area contributed by atoms with Crippen LogP contribution in [-0.2, 0) is 14.3 Å². The van der Waals surface area contributed by atoms with Gasteiger partial charge in [0.2, 0.25) is 0 Å². The van der Waals surface area contributed by atoms with Crippen molar-refractivity contribution in [1.82, 2.24) is 0 Å². The van der Waals surface area contributed by atoms with E-state index in [9.17, 15) is 30.0 Å². The number of carbonyl (C=O) groups is 2. The van der Waals surface area contributed by atoms with E-state index in [-0.39, 0.29) is 49.6 Å². The number of aliphatic hydroxyl groups excluding tert-OH is 1.